The van der Waals surface area contributed by atoms with E-state index in [0.717, 1.165) is 46.1 Å². The van der Waals surface area contributed by atoms with Gasteiger partial charge in [0.15, 0.2) is 0 Å². The summed E-state index contributed by atoms with van der Waals surface area (Å²) in [7, 11) is 3.39. The summed E-state index contributed by atoms with van der Waals surface area (Å²) in [4.78, 5) is 0. The maximum Gasteiger partial charge on any atom is 0.131 e. The predicted molar refractivity (Wildman–Crippen MR) is 111 cm³/mol. The molecule has 4 heteroatoms. The van der Waals surface area contributed by atoms with Gasteiger partial charge in [-0.1, -0.05) is 12.1 Å². The lowest BCUT2D eigenvalue weighted by Gasteiger charge is -2.39. The molecule has 0 amide bonds. The van der Waals surface area contributed by atoms with Crippen LogP contribution in [0.3, 0.4) is 0 Å². The maximum absolute atomic E-state index is 6.27. The van der Waals surface area contributed by atoms with Crippen molar-refractivity contribution >= 4 is 6.08 Å². The van der Waals surface area contributed by atoms with Crippen molar-refractivity contribution < 1.29 is 18.9 Å². The average molecular weight is 380 g/mol. The van der Waals surface area contributed by atoms with Crippen molar-refractivity contribution in [1.82, 2.24) is 0 Å². The lowest BCUT2D eigenvalue weighted by molar-refractivity contribution is 0.0767. The zero-order valence-corrected chi connectivity index (χ0v) is 17.5. The lowest BCUT2D eigenvalue weighted by Crippen LogP contribution is -2.35. The molecular formula is C24H28O4. The van der Waals surface area contributed by atoms with E-state index in [9.17, 15) is 0 Å². The van der Waals surface area contributed by atoms with Gasteiger partial charge in [0.25, 0.3) is 0 Å². The van der Waals surface area contributed by atoms with E-state index in [4.69, 9.17) is 18.9 Å². The molecule has 1 atom stereocenters. The molecule has 2 aliphatic rings. The van der Waals surface area contributed by atoms with Crippen molar-refractivity contribution in [3.63, 3.8) is 0 Å². The Kier molecular flexibility index (Phi) is 4.33. The molecule has 2 heterocycles. The Morgan fingerprint density at radius 3 is 2.39 bits per heavy atom. The summed E-state index contributed by atoms with van der Waals surface area (Å²) in [5.74, 6) is 3.52. The van der Waals surface area contributed by atoms with Gasteiger partial charge in [0, 0.05) is 34.7 Å². The largest absolute Gasteiger partial charge is 0.497 e. The molecule has 4 nitrogen and oxygen atoms in total. The van der Waals surface area contributed by atoms with Crippen LogP contribution in [0.1, 0.15) is 56.7 Å². The molecule has 2 aromatic rings. The van der Waals surface area contributed by atoms with Crippen LogP contribution in [0, 0.1) is 0 Å². The highest BCUT2D eigenvalue weighted by molar-refractivity contribution is 5.66. The third-order valence-electron chi connectivity index (χ3n) is 5.45. The minimum atomic E-state index is -0.316. The second-order valence-corrected chi connectivity index (χ2v) is 8.69. The molecule has 148 valence electrons. The summed E-state index contributed by atoms with van der Waals surface area (Å²) < 4.78 is 23.6. The molecule has 0 saturated carbocycles. The molecule has 0 radical (unpaired) electrons. The number of hydrogen-bond acceptors (Lipinski definition) is 4. The molecule has 2 aliphatic heterocycles. The second-order valence-electron chi connectivity index (χ2n) is 8.69. The Labute approximate surface area is 167 Å². The molecule has 0 fully saturated rings. The van der Waals surface area contributed by atoms with E-state index < -0.39 is 0 Å². The standard InChI is InChI=1S/C24H28O4/c1-23(2)10-9-15-11-18(21(26-6)13-20(15)27-23)19-14-24(3,4)28-22-12-16(25-5)7-8-17(19)22/h7-13,19H,14H2,1-6H3/t19-/m0/s1. The SMILES string of the molecule is COc1ccc2c(c1)OC(C)(C)C[C@@H]2c1cc2c(cc1OC)OC(C)(C)C=C2. The van der Waals surface area contributed by atoms with Crippen molar-refractivity contribution in [1.29, 1.82) is 0 Å². The smallest absolute Gasteiger partial charge is 0.131 e. The Hall–Kier alpha value is -2.62. The molecule has 4 rings (SSSR count). The van der Waals surface area contributed by atoms with Gasteiger partial charge in [0.2, 0.25) is 0 Å². The summed E-state index contributed by atoms with van der Waals surface area (Å²) in [5, 5.41) is 0. The molecular weight excluding hydrogens is 352 g/mol. The Morgan fingerprint density at radius 2 is 1.68 bits per heavy atom. The van der Waals surface area contributed by atoms with Crippen LogP contribution in [0.2, 0.25) is 0 Å². The molecule has 0 unspecified atom stereocenters. The van der Waals surface area contributed by atoms with Crippen LogP contribution >= 0.6 is 0 Å². The summed E-state index contributed by atoms with van der Waals surface area (Å²) in [6.07, 6.45) is 5.09. The monoisotopic (exact) mass is 380 g/mol. The van der Waals surface area contributed by atoms with Crippen LogP contribution in [-0.2, 0) is 0 Å². The molecule has 0 N–H and O–H groups in total. The normalized spacial score (nSPS) is 21.0. The fourth-order valence-electron chi connectivity index (χ4n) is 4.11. The number of rotatable bonds is 3. The molecule has 0 aliphatic carbocycles. The van der Waals surface area contributed by atoms with Crippen LogP contribution < -0.4 is 18.9 Å². The first-order chi connectivity index (χ1) is 13.2. The Balaban J connectivity index is 1.85. The van der Waals surface area contributed by atoms with Gasteiger partial charge in [-0.2, -0.15) is 0 Å². The zero-order valence-electron chi connectivity index (χ0n) is 17.5. The van der Waals surface area contributed by atoms with Gasteiger partial charge in [-0.05, 0) is 52.3 Å². The molecule has 0 aromatic heterocycles. The van der Waals surface area contributed by atoms with Crippen molar-refractivity contribution in [2.24, 2.45) is 0 Å². The fraction of sp³-hybridized carbons (Fsp3) is 0.417. The van der Waals surface area contributed by atoms with E-state index in [1.54, 1.807) is 14.2 Å². The summed E-state index contributed by atoms with van der Waals surface area (Å²) >= 11 is 0. The van der Waals surface area contributed by atoms with E-state index in [1.165, 1.54) is 0 Å². The first-order valence-corrected chi connectivity index (χ1v) is 9.68. The van der Waals surface area contributed by atoms with E-state index >= 15 is 0 Å². The summed E-state index contributed by atoms with van der Waals surface area (Å²) in [6.45, 7) is 8.35. The Morgan fingerprint density at radius 1 is 0.893 bits per heavy atom. The topological polar surface area (TPSA) is 36.9 Å². The number of benzene rings is 2. The molecule has 2 aromatic carbocycles. The predicted octanol–water partition coefficient (Wildman–Crippen LogP) is 5.58. The van der Waals surface area contributed by atoms with Gasteiger partial charge in [0.05, 0.1) is 14.2 Å². The summed E-state index contributed by atoms with van der Waals surface area (Å²) in [6, 6.07) is 10.3. The number of methoxy groups -OCH3 is 2. The van der Waals surface area contributed by atoms with E-state index in [1.807, 2.05) is 18.2 Å². The number of fused-ring (bicyclic) bond motifs is 2. The minimum absolute atomic E-state index is 0.160. The van der Waals surface area contributed by atoms with Crippen molar-refractivity contribution in [2.45, 2.75) is 51.2 Å². The lowest BCUT2D eigenvalue weighted by atomic mass is 9.79. The highest BCUT2D eigenvalue weighted by atomic mass is 16.5. The fourth-order valence-corrected chi connectivity index (χ4v) is 4.11. The van der Waals surface area contributed by atoms with Gasteiger partial charge < -0.3 is 18.9 Å². The quantitative estimate of drug-likeness (QED) is 0.696. The van der Waals surface area contributed by atoms with Gasteiger partial charge in [-0.25, -0.2) is 0 Å². The third-order valence-corrected chi connectivity index (χ3v) is 5.45. The van der Waals surface area contributed by atoms with Crippen LogP contribution in [0.15, 0.2) is 36.4 Å². The molecule has 0 spiro atoms. The van der Waals surface area contributed by atoms with Gasteiger partial charge in [0.1, 0.15) is 34.2 Å². The Bertz CT molecular complexity index is 940. The second kappa shape index (κ2) is 6.47. The first kappa shape index (κ1) is 18.7. The molecule has 0 saturated heterocycles. The molecule has 28 heavy (non-hydrogen) atoms. The van der Waals surface area contributed by atoms with Gasteiger partial charge >= 0.3 is 0 Å². The van der Waals surface area contributed by atoms with E-state index in [-0.39, 0.29) is 17.1 Å². The first-order valence-electron chi connectivity index (χ1n) is 9.68. The number of ether oxygens (including phenoxy) is 4. The minimum Gasteiger partial charge on any atom is -0.497 e. The van der Waals surface area contributed by atoms with Crippen LogP contribution in [0.4, 0.5) is 0 Å². The van der Waals surface area contributed by atoms with E-state index in [0.29, 0.717) is 0 Å². The zero-order chi connectivity index (χ0) is 20.1. The summed E-state index contributed by atoms with van der Waals surface area (Å²) in [5.41, 5.74) is 2.77. The highest BCUT2D eigenvalue weighted by Gasteiger charge is 2.37. The van der Waals surface area contributed by atoms with Crippen molar-refractivity contribution in [3.8, 4) is 23.0 Å². The van der Waals surface area contributed by atoms with Crippen LogP contribution in [-0.4, -0.2) is 25.4 Å². The van der Waals surface area contributed by atoms with Crippen LogP contribution in [0.25, 0.3) is 6.08 Å². The van der Waals surface area contributed by atoms with Crippen molar-refractivity contribution in [3.05, 3.63) is 53.1 Å². The average Bonchev–Trinajstić information content (AvgIpc) is 2.64. The van der Waals surface area contributed by atoms with Gasteiger partial charge in [-0.15, -0.1) is 0 Å². The number of hydrogen-bond donors (Lipinski definition) is 0. The van der Waals surface area contributed by atoms with E-state index in [2.05, 4.69) is 52.0 Å². The van der Waals surface area contributed by atoms with Gasteiger partial charge in [-0.3, -0.25) is 0 Å². The molecule has 0 bridgehead atoms. The maximum atomic E-state index is 6.27. The highest BCUT2D eigenvalue weighted by Crippen LogP contribution is 2.49. The van der Waals surface area contributed by atoms with Crippen molar-refractivity contribution in [2.75, 3.05) is 14.2 Å². The third kappa shape index (κ3) is 3.32. The van der Waals surface area contributed by atoms with Crippen LogP contribution in [0.5, 0.6) is 23.0 Å².